The molecule has 9 nitrogen and oxygen atoms in total. The van der Waals surface area contributed by atoms with Crippen LogP contribution in [-0.4, -0.2) is 47.7 Å². The van der Waals surface area contributed by atoms with Crippen molar-refractivity contribution in [3.63, 3.8) is 0 Å². The zero-order valence-electron chi connectivity index (χ0n) is 16.1. The topological polar surface area (TPSA) is 105 Å². The van der Waals surface area contributed by atoms with Gasteiger partial charge in [-0.05, 0) is 0 Å². The first-order valence-electron chi connectivity index (χ1n) is 7.75. The Bertz CT molecular complexity index is 839. The molecule has 0 spiro atoms. The van der Waals surface area contributed by atoms with E-state index >= 15 is 0 Å². The third kappa shape index (κ3) is 6.17. The minimum atomic E-state index is 0.402. The Balaban J connectivity index is 0.000000283. The smallest absolute Gasteiger partial charge is 0.240 e. The second kappa shape index (κ2) is 11.7. The quantitative estimate of drug-likeness (QED) is 0.529. The summed E-state index contributed by atoms with van der Waals surface area (Å²) in [4.78, 5) is 27.1. The predicted molar refractivity (Wildman–Crippen MR) is 101 cm³/mol. The van der Waals surface area contributed by atoms with Crippen molar-refractivity contribution in [1.29, 1.82) is 0 Å². The zero-order valence-corrected chi connectivity index (χ0v) is 16.1. The van der Waals surface area contributed by atoms with Crippen molar-refractivity contribution >= 4 is 23.5 Å². The van der Waals surface area contributed by atoms with Crippen LogP contribution in [0.2, 0.25) is 0 Å². The van der Waals surface area contributed by atoms with Crippen molar-refractivity contribution in [2.24, 2.45) is 9.98 Å². The summed E-state index contributed by atoms with van der Waals surface area (Å²) in [6.45, 7) is 0. The van der Waals surface area contributed by atoms with Gasteiger partial charge in [-0.15, -0.1) is 0 Å². The van der Waals surface area contributed by atoms with E-state index in [-0.39, 0.29) is 0 Å². The van der Waals surface area contributed by atoms with Crippen molar-refractivity contribution in [2.75, 3.05) is 35.5 Å². The minimum absolute atomic E-state index is 0.402. The molecule has 0 fully saturated rings. The van der Waals surface area contributed by atoms with Crippen LogP contribution < -0.4 is 23.7 Å². The number of benzene rings is 2. The van der Waals surface area contributed by atoms with Crippen LogP contribution >= 0.6 is 0 Å². The molecule has 28 heavy (non-hydrogen) atoms. The maximum Gasteiger partial charge on any atom is 0.240 e. The molecule has 0 heterocycles. The first-order chi connectivity index (χ1) is 13.6. The summed E-state index contributed by atoms with van der Waals surface area (Å²) in [5.41, 5.74) is 0.866. The van der Waals surface area contributed by atoms with Gasteiger partial charge in [0.2, 0.25) is 17.9 Å². The Morgan fingerprint density at radius 1 is 0.607 bits per heavy atom. The van der Waals surface area contributed by atoms with E-state index in [0.29, 0.717) is 40.1 Å². The molecule has 2 rings (SSSR count). The van der Waals surface area contributed by atoms with E-state index in [2.05, 4.69) is 9.98 Å². The van der Waals surface area contributed by atoms with Gasteiger partial charge in [0, 0.05) is 30.3 Å². The number of methoxy groups -OCH3 is 5. The Morgan fingerprint density at radius 2 is 1.04 bits per heavy atom. The molecule has 0 aliphatic carbocycles. The van der Waals surface area contributed by atoms with Gasteiger partial charge in [-0.25, -0.2) is 9.59 Å². The molecular formula is C19H20N2O7. The lowest BCUT2D eigenvalue weighted by Gasteiger charge is -2.11. The number of nitrogens with zero attached hydrogens (tertiary/aromatic N) is 2. The van der Waals surface area contributed by atoms with E-state index in [4.69, 9.17) is 23.7 Å². The summed E-state index contributed by atoms with van der Waals surface area (Å²) < 4.78 is 25.2. The highest BCUT2D eigenvalue weighted by atomic mass is 16.5. The van der Waals surface area contributed by atoms with E-state index in [1.54, 1.807) is 30.3 Å². The van der Waals surface area contributed by atoms with Gasteiger partial charge in [0.25, 0.3) is 0 Å². The highest BCUT2D eigenvalue weighted by Crippen LogP contribution is 2.40. The average molecular weight is 388 g/mol. The summed E-state index contributed by atoms with van der Waals surface area (Å²) in [5.74, 6) is 2.54. The van der Waals surface area contributed by atoms with E-state index in [0.717, 1.165) is 0 Å². The molecule has 2 aromatic carbocycles. The molecule has 0 N–H and O–H groups in total. The van der Waals surface area contributed by atoms with Gasteiger partial charge < -0.3 is 23.7 Å². The molecule has 148 valence electrons. The number of isocyanates is 2. The van der Waals surface area contributed by atoms with Crippen LogP contribution in [0.15, 0.2) is 40.3 Å². The average Bonchev–Trinajstić information content (AvgIpc) is 2.73. The molecule has 2 aromatic rings. The first kappa shape index (κ1) is 22.2. The highest BCUT2D eigenvalue weighted by Gasteiger charge is 2.12. The Labute approximate surface area is 162 Å². The van der Waals surface area contributed by atoms with Gasteiger partial charge in [0.1, 0.15) is 11.5 Å². The number of hydrogen-bond acceptors (Lipinski definition) is 9. The van der Waals surface area contributed by atoms with Gasteiger partial charge in [-0.3, -0.25) is 0 Å². The van der Waals surface area contributed by atoms with Gasteiger partial charge in [0.15, 0.2) is 11.5 Å². The van der Waals surface area contributed by atoms with E-state index in [1.807, 2.05) is 0 Å². The third-order valence-corrected chi connectivity index (χ3v) is 3.34. The molecule has 0 aliphatic rings. The molecule has 0 saturated heterocycles. The van der Waals surface area contributed by atoms with Crippen LogP contribution in [0.25, 0.3) is 0 Å². The third-order valence-electron chi connectivity index (χ3n) is 3.34. The van der Waals surface area contributed by atoms with Gasteiger partial charge in [-0.2, -0.15) is 9.98 Å². The molecular weight excluding hydrogens is 368 g/mol. The van der Waals surface area contributed by atoms with E-state index in [9.17, 15) is 9.59 Å². The SMILES string of the molecule is COc1cc(N=C=O)cc(OC)c1.COc1cc(N=C=O)cc(OC)c1OC. The maximum atomic E-state index is 10.1. The number of aliphatic imine (C=N–C) groups is 2. The van der Waals surface area contributed by atoms with Crippen LogP contribution in [0.1, 0.15) is 0 Å². The first-order valence-corrected chi connectivity index (χ1v) is 7.75. The zero-order chi connectivity index (χ0) is 20.9. The van der Waals surface area contributed by atoms with Crippen LogP contribution in [0.4, 0.5) is 11.4 Å². The number of rotatable bonds is 7. The molecule has 0 atom stereocenters. The second-order valence-corrected chi connectivity index (χ2v) is 4.86. The van der Waals surface area contributed by atoms with Crippen molar-refractivity contribution in [1.82, 2.24) is 0 Å². The molecule has 0 amide bonds. The molecule has 9 heteroatoms. The molecule has 0 aliphatic heterocycles. The van der Waals surface area contributed by atoms with Crippen molar-refractivity contribution in [3.8, 4) is 28.7 Å². The van der Waals surface area contributed by atoms with Gasteiger partial charge in [0.05, 0.1) is 46.9 Å². The summed E-state index contributed by atoms with van der Waals surface area (Å²) >= 11 is 0. The fourth-order valence-electron chi connectivity index (χ4n) is 2.09. The normalized spacial score (nSPS) is 8.89. The van der Waals surface area contributed by atoms with Crippen LogP contribution in [0.3, 0.4) is 0 Å². The molecule has 0 aromatic heterocycles. The number of carbonyl (C=O) groups excluding carboxylic acids is 2. The van der Waals surface area contributed by atoms with Crippen molar-refractivity contribution in [2.45, 2.75) is 0 Å². The standard InChI is InChI=1S/C10H11NO4.C9H9NO3/c1-13-8-4-7(11-6-12)5-9(14-2)10(8)15-3;1-12-8-3-7(10-6-11)4-9(5-8)13-2/h4-5H,1-3H3;3-5H,1-2H3. The van der Waals surface area contributed by atoms with E-state index < -0.39 is 0 Å². The van der Waals surface area contributed by atoms with Gasteiger partial charge in [-0.1, -0.05) is 0 Å². The number of ether oxygens (including phenoxy) is 5. The fraction of sp³-hybridized carbons (Fsp3) is 0.263. The summed E-state index contributed by atoms with van der Waals surface area (Å²) in [7, 11) is 7.55. The fourth-order valence-corrected chi connectivity index (χ4v) is 2.09. The lowest BCUT2D eigenvalue weighted by atomic mass is 10.2. The second-order valence-electron chi connectivity index (χ2n) is 4.86. The van der Waals surface area contributed by atoms with Crippen LogP contribution in [-0.2, 0) is 9.59 Å². The molecule has 0 bridgehead atoms. The minimum Gasteiger partial charge on any atom is -0.497 e. The van der Waals surface area contributed by atoms with Crippen molar-refractivity contribution < 1.29 is 33.3 Å². The molecule has 0 saturated carbocycles. The number of hydrogen-bond donors (Lipinski definition) is 0. The van der Waals surface area contributed by atoms with Crippen molar-refractivity contribution in [3.05, 3.63) is 30.3 Å². The largest absolute Gasteiger partial charge is 0.497 e. The Hall–Kier alpha value is -3.80. The van der Waals surface area contributed by atoms with E-state index in [1.165, 1.54) is 47.7 Å². The molecule has 0 radical (unpaired) electrons. The monoisotopic (exact) mass is 388 g/mol. The molecule has 0 unspecified atom stereocenters. The lowest BCUT2D eigenvalue weighted by molar-refractivity contribution is 0.324. The van der Waals surface area contributed by atoms with Crippen LogP contribution in [0.5, 0.6) is 28.7 Å². The maximum absolute atomic E-state index is 10.1. The Morgan fingerprint density at radius 3 is 1.36 bits per heavy atom. The summed E-state index contributed by atoms with van der Waals surface area (Å²) in [6, 6.07) is 8.06. The Kier molecular flexibility index (Phi) is 9.33. The summed E-state index contributed by atoms with van der Waals surface area (Å²) in [6.07, 6.45) is 2.90. The van der Waals surface area contributed by atoms with Gasteiger partial charge >= 0.3 is 0 Å². The summed E-state index contributed by atoms with van der Waals surface area (Å²) in [5, 5.41) is 0. The van der Waals surface area contributed by atoms with Crippen LogP contribution in [0, 0.1) is 0 Å². The highest BCUT2D eigenvalue weighted by molar-refractivity contribution is 5.62. The lowest BCUT2D eigenvalue weighted by Crippen LogP contribution is -1.94. The predicted octanol–water partition coefficient (Wildman–Crippen LogP) is 3.35.